The lowest BCUT2D eigenvalue weighted by Crippen LogP contribution is -2.20. The maximum Gasteiger partial charge on any atom is 0.146 e. The lowest BCUT2D eigenvalue weighted by atomic mass is 9.99. The molecule has 0 saturated heterocycles. The molecule has 0 saturated carbocycles. The first kappa shape index (κ1) is 12.9. The van der Waals surface area contributed by atoms with Gasteiger partial charge in [0.05, 0.1) is 12.2 Å². The Morgan fingerprint density at radius 3 is 2.50 bits per heavy atom. The van der Waals surface area contributed by atoms with Crippen molar-refractivity contribution < 1.29 is 8.78 Å². The normalized spacial score (nSPS) is 12.4. The molecule has 0 aliphatic rings. The van der Waals surface area contributed by atoms with Gasteiger partial charge in [0.1, 0.15) is 11.6 Å². The van der Waals surface area contributed by atoms with Crippen molar-refractivity contribution in [3.05, 3.63) is 64.4 Å². The van der Waals surface area contributed by atoms with Gasteiger partial charge < -0.3 is 5.32 Å². The van der Waals surface area contributed by atoms with Crippen LogP contribution < -0.4 is 5.32 Å². The van der Waals surface area contributed by atoms with Gasteiger partial charge >= 0.3 is 0 Å². The standard InChI is InChI=1S/C13H11ClF2N2/c1-17-13(10-4-5-18-7-12(10)16)9-3-2-8(14)6-11(9)15/h2-7,13,17H,1H3. The van der Waals surface area contributed by atoms with E-state index in [-0.39, 0.29) is 0 Å². The summed E-state index contributed by atoms with van der Waals surface area (Å²) in [6.45, 7) is 0. The van der Waals surface area contributed by atoms with Crippen LogP contribution in [-0.2, 0) is 0 Å². The van der Waals surface area contributed by atoms with E-state index in [0.29, 0.717) is 16.1 Å². The predicted molar refractivity (Wildman–Crippen MR) is 66.5 cm³/mol. The van der Waals surface area contributed by atoms with Crippen LogP contribution in [-0.4, -0.2) is 12.0 Å². The highest BCUT2D eigenvalue weighted by Crippen LogP contribution is 2.27. The molecule has 5 heteroatoms. The second-order valence-corrected chi connectivity index (χ2v) is 4.22. The lowest BCUT2D eigenvalue weighted by Gasteiger charge is -2.18. The van der Waals surface area contributed by atoms with E-state index in [0.717, 1.165) is 6.20 Å². The fourth-order valence-corrected chi connectivity index (χ4v) is 1.99. The van der Waals surface area contributed by atoms with Crippen molar-refractivity contribution in [3.63, 3.8) is 0 Å². The second-order valence-electron chi connectivity index (χ2n) is 3.78. The molecule has 1 heterocycles. The molecule has 1 N–H and O–H groups in total. The molecule has 2 nitrogen and oxygen atoms in total. The highest BCUT2D eigenvalue weighted by Gasteiger charge is 2.19. The molecule has 2 rings (SSSR count). The monoisotopic (exact) mass is 268 g/mol. The topological polar surface area (TPSA) is 24.9 Å². The van der Waals surface area contributed by atoms with Crippen LogP contribution in [0, 0.1) is 11.6 Å². The maximum atomic E-state index is 13.8. The summed E-state index contributed by atoms with van der Waals surface area (Å²) in [5, 5.41) is 3.19. The summed E-state index contributed by atoms with van der Waals surface area (Å²) in [5.41, 5.74) is 0.681. The van der Waals surface area contributed by atoms with E-state index in [2.05, 4.69) is 10.3 Å². The van der Waals surface area contributed by atoms with Crippen molar-refractivity contribution >= 4 is 11.6 Å². The minimum atomic E-state index is -0.578. The maximum absolute atomic E-state index is 13.8. The number of pyridine rings is 1. The van der Waals surface area contributed by atoms with Gasteiger partial charge in [-0.2, -0.15) is 0 Å². The van der Waals surface area contributed by atoms with Gasteiger partial charge in [-0.15, -0.1) is 0 Å². The number of aromatic nitrogens is 1. The van der Waals surface area contributed by atoms with Crippen LogP contribution in [0.3, 0.4) is 0 Å². The van der Waals surface area contributed by atoms with E-state index in [1.165, 1.54) is 18.3 Å². The molecule has 0 spiro atoms. The van der Waals surface area contributed by atoms with Gasteiger partial charge in [-0.1, -0.05) is 17.7 Å². The van der Waals surface area contributed by atoms with E-state index in [9.17, 15) is 8.78 Å². The quantitative estimate of drug-likeness (QED) is 0.924. The van der Waals surface area contributed by atoms with Gasteiger partial charge in [-0.3, -0.25) is 4.98 Å². The van der Waals surface area contributed by atoms with Crippen molar-refractivity contribution in [2.75, 3.05) is 7.05 Å². The summed E-state index contributed by atoms with van der Waals surface area (Å²) >= 11 is 5.70. The Hall–Kier alpha value is -1.52. The minimum absolute atomic E-state index is 0.307. The fourth-order valence-electron chi connectivity index (χ4n) is 1.83. The Balaban J connectivity index is 2.49. The van der Waals surface area contributed by atoms with Crippen molar-refractivity contribution in [2.45, 2.75) is 6.04 Å². The Morgan fingerprint density at radius 2 is 1.89 bits per heavy atom. The molecule has 1 aromatic carbocycles. The zero-order valence-corrected chi connectivity index (χ0v) is 10.4. The average molecular weight is 269 g/mol. The molecule has 1 atom stereocenters. The SMILES string of the molecule is CNC(c1ccncc1F)c1ccc(Cl)cc1F. The first-order valence-electron chi connectivity index (χ1n) is 5.35. The first-order valence-corrected chi connectivity index (χ1v) is 5.73. The summed E-state index contributed by atoms with van der Waals surface area (Å²) in [6, 6.07) is 5.26. The molecule has 0 aliphatic carbocycles. The predicted octanol–water partition coefficient (Wildman–Crippen LogP) is 3.32. The molecule has 0 bridgehead atoms. The third kappa shape index (κ3) is 2.49. The third-order valence-electron chi connectivity index (χ3n) is 2.68. The highest BCUT2D eigenvalue weighted by molar-refractivity contribution is 6.30. The van der Waals surface area contributed by atoms with Crippen LogP contribution in [0.4, 0.5) is 8.78 Å². The van der Waals surface area contributed by atoms with E-state index in [1.54, 1.807) is 19.2 Å². The van der Waals surface area contributed by atoms with E-state index in [1.807, 2.05) is 0 Å². The van der Waals surface area contributed by atoms with Crippen LogP contribution in [0.1, 0.15) is 17.2 Å². The van der Waals surface area contributed by atoms with Crippen LogP contribution in [0.5, 0.6) is 0 Å². The average Bonchev–Trinajstić information content (AvgIpc) is 2.34. The van der Waals surface area contributed by atoms with Gasteiger partial charge in [0.2, 0.25) is 0 Å². The molecule has 94 valence electrons. The number of rotatable bonds is 3. The number of nitrogens with one attached hydrogen (secondary N) is 1. The second kappa shape index (κ2) is 5.42. The molecular weight excluding hydrogens is 258 g/mol. The Kier molecular flexibility index (Phi) is 3.89. The van der Waals surface area contributed by atoms with Gasteiger partial charge in [-0.05, 0) is 25.2 Å². The first-order chi connectivity index (χ1) is 8.63. The van der Waals surface area contributed by atoms with E-state index in [4.69, 9.17) is 11.6 Å². The van der Waals surface area contributed by atoms with E-state index >= 15 is 0 Å². The molecule has 0 amide bonds. The largest absolute Gasteiger partial charge is 0.309 e. The van der Waals surface area contributed by atoms with Gasteiger partial charge in [-0.25, -0.2) is 8.78 Å². The highest BCUT2D eigenvalue weighted by atomic mass is 35.5. The van der Waals surface area contributed by atoms with Crippen molar-refractivity contribution in [1.29, 1.82) is 0 Å². The number of halogens is 3. The zero-order valence-electron chi connectivity index (χ0n) is 9.62. The third-order valence-corrected chi connectivity index (χ3v) is 2.91. The summed E-state index contributed by atoms with van der Waals surface area (Å²) in [7, 11) is 1.64. The summed E-state index contributed by atoms with van der Waals surface area (Å²) in [5.74, 6) is -0.954. The van der Waals surface area contributed by atoms with Crippen molar-refractivity contribution in [1.82, 2.24) is 10.3 Å². The molecule has 1 aromatic heterocycles. The van der Waals surface area contributed by atoms with Gasteiger partial charge in [0.25, 0.3) is 0 Å². The van der Waals surface area contributed by atoms with Crippen LogP contribution in [0.15, 0.2) is 36.7 Å². The Morgan fingerprint density at radius 1 is 1.17 bits per heavy atom. The summed E-state index contributed by atoms with van der Waals surface area (Å²) < 4.78 is 27.5. The molecule has 1 unspecified atom stereocenters. The number of benzene rings is 1. The minimum Gasteiger partial charge on any atom is -0.309 e. The van der Waals surface area contributed by atoms with Gasteiger partial charge in [0, 0.05) is 22.3 Å². The molecule has 0 fully saturated rings. The lowest BCUT2D eigenvalue weighted by molar-refractivity contribution is 0.544. The number of hydrogen-bond donors (Lipinski definition) is 1. The van der Waals surface area contributed by atoms with Crippen LogP contribution in [0.2, 0.25) is 5.02 Å². The van der Waals surface area contributed by atoms with Crippen LogP contribution in [0.25, 0.3) is 0 Å². The fraction of sp³-hybridized carbons (Fsp3) is 0.154. The molecule has 0 radical (unpaired) electrons. The van der Waals surface area contributed by atoms with Crippen LogP contribution >= 0.6 is 11.6 Å². The zero-order chi connectivity index (χ0) is 13.1. The molecule has 18 heavy (non-hydrogen) atoms. The number of nitrogens with zero attached hydrogens (tertiary/aromatic N) is 1. The molecule has 0 aliphatic heterocycles. The summed E-state index contributed by atoms with van der Waals surface area (Å²) in [6.07, 6.45) is 2.57. The van der Waals surface area contributed by atoms with E-state index < -0.39 is 17.7 Å². The van der Waals surface area contributed by atoms with Crippen molar-refractivity contribution in [3.8, 4) is 0 Å². The number of hydrogen-bond acceptors (Lipinski definition) is 2. The Labute approximate surface area is 109 Å². The van der Waals surface area contributed by atoms with Gasteiger partial charge in [0.15, 0.2) is 0 Å². The molecule has 2 aromatic rings. The summed E-state index contributed by atoms with van der Waals surface area (Å²) in [4.78, 5) is 3.67. The van der Waals surface area contributed by atoms with Crippen molar-refractivity contribution in [2.24, 2.45) is 0 Å². The Bertz CT molecular complexity index is 560. The smallest absolute Gasteiger partial charge is 0.146 e. The molecular formula is C13H11ClF2N2.